The van der Waals surface area contributed by atoms with Gasteiger partial charge in [-0.25, -0.2) is 0 Å². The van der Waals surface area contributed by atoms with Gasteiger partial charge in [-0.15, -0.1) is 0 Å². The molecule has 0 saturated heterocycles. The van der Waals surface area contributed by atoms with Crippen molar-refractivity contribution in [2.75, 3.05) is 6.54 Å². The minimum atomic E-state index is -0.188. The van der Waals surface area contributed by atoms with Gasteiger partial charge in [-0.2, -0.15) is 0 Å². The van der Waals surface area contributed by atoms with E-state index < -0.39 is 0 Å². The number of amides is 1. The molecule has 5 rings (SSSR count). The second-order valence-electron chi connectivity index (χ2n) is 8.02. The van der Waals surface area contributed by atoms with E-state index in [2.05, 4.69) is 34.6 Å². The zero-order valence-corrected chi connectivity index (χ0v) is 17.6. The van der Waals surface area contributed by atoms with E-state index in [4.69, 9.17) is 4.42 Å². The molecular formula is C27H24N2O2. The topological polar surface area (TPSA) is 58.0 Å². The normalized spacial score (nSPS) is 12.3. The van der Waals surface area contributed by atoms with Crippen molar-refractivity contribution < 1.29 is 9.21 Å². The average molecular weight is 409 g/mol. The Balaban J connectivity index is 1.47. The molecule has 1 atom stereocenters. The number of para-hydroxylation sites is 1. The molecule has 0 radical (unpaired) electrons. The van der Waals surface area contributed by atoms with Crippen LogP contribution < -0.4 is 5.32 Å². The zero-order chi connectivity index (χ0) is 21.4. The van der Waals surface area contributed by atoms with E-state index in [-0.39, 0.29) is 11.8 Å². The number of hydrogen-bond donors (Lipinski definition) is 2. The van der Waals surface area contributed by atoms with Gasteiger partial charge in [0, 0.05) is 40.5 Å². The summed E-state index contributed by atoms with van der Waals surface area (Å²) < 4.78 is 5.92. The third-order valence-electron chi connectivity index (χ3n) is 5.97. The molecule has 3 aromatic carbocycles. The van der Waals surface area contributed by atoms with Gasteiger partial charge in [-0.05, 0) is 42.7 Å². The van der Waals surface area contributed by atoms with E-state index in [0.717, 1.165) is 33.2 Å². The van der Waals surface area contributed by atoms with Crippen LogP contribution in [0.1, 0.15) is 38.7 Å². The summed E-state index contributed by atoms with van der Waals surface area (Å²) >= 11 is 0. The summed E-state index contributed by atoms with van der Waals surface area (Å²) in [5.74, 6) is 0.215. The van der Waals surface area contributed by atoms with Gasteiger partial charge in [0.15, 0.2) is 5.76 Å². The van der Waals surface area contributed by atoms with E-state index in [1.54, 1.807) is 0 Å². The Labute approximate surface area is 180 Å². The number of aromatic amines is 1. The van der Waals surface area contributed by atoms with Gasteiger partial charge in [0.2, 0.25) is 0 Å². The van der Waals surface area contributed by atoms with Gasteiger partial charge in [-0.3, -0.25) is 4.79 Å². The van der Waals surface area contributed by atoms with Crippen LogP contribution in [0.25, 0.3) is 21.9 Å². The molecule has 5 aromatic rings. The van der Waals surface area contributed by atoms with Crippen molar-refractivity contribution in [3.05, 3.63) is 107 Å². The van der Waals surface area contributed by atoms with Crippen LogP contribution in [0.15, 0.2) is 83.4 Å². The van der Waals surface area contributed by atoms with Crippen molar-refractivity contribution in [1.82, 2.24) is 10.3 Å². The molecule has 154 valence electrons. The van der Waals surface area contributed by atoms with Crippen LogP contribution in [0.3, 0.4) is 0 Å². The lowest BCUT2D eigenvalue weighted by atomic mass is 9.91. The first-order valence-electron chi connectivity index (χ1n) is 10.5. The number of carbonyl (C=O) groups excluding carboxylic acids is 1. The second-order valence-corrected chi connectivity index (χ2v) is 8.02. The number of hydrogen-bond acceptors (Lipinski definition) is 2. The Morgan fingerprint density at radius 2 is 1.74 bits per heavy atom. The molecule has 0 unspecified atom stereocenters. The van der Waals surface area contributed by atoms with Gasteiger partial charge < -0.3 is 14.7 Å². The number of benzene rings is 3. The predicted molar refractivity (Wildman–Crippen MR) is 125 cm³/mol. The first kappa shape index (κ1) is 19.2. The Bertz CT molecular complexity index is 1380. The van der Waals surface area contributed by atoms with Crippen LogP contribution >= 0.6 is 0 Å². The minimum absolute atomic E-state index is 0.0215. The maximum atomic E-state index is 13.1. The SMILES string of the molecule is Cc1ccc2c(C)c(C(=O)NC[C@H](c3ccccc3)c3c[nH]c4ccccc34)oc2c1. The van der Waals surface area contributed by atoms with Gasteiger partial charge >= 0.3 is 0 Å². The third-order valence-corrected chi connectivity index (χ3v) is 5.97. The lowest BCUT2D eigenvalue weighted by Crippen LogP contribution is -2.29. The fourth-order valence-corrected chi connectivity index (χ4v) is 4.30. The summed E-state index contributed by atoms with van der Waals surface area (Å²) in [5.41, 5.74) is 6.14. The fourth-order valence-electron chi connectivity index (χ4n) is 4.30. The van der Waals surface area contributed by atoms with Gasteiger partial charge in [0.25, 0.3) is 5.91 Å². The number of aromatic nitrogens is 1. The highest BCUT2D eigenvalue weighted by Gasteiger charge is 2.22. The molecule has 0 aliphatic carbocycles. The highest BCUT2D eigenvalue weighted by Crippen LogP contribution is 2.31. The van der Waals surface area contributed by atoms with Crippen LogP contribution in [0.2, 0.25) is 0 Å². The minimum Gasteiger partial charge on any atom is -0.451 e. The molecule has 4 heteroatoms. The first-order chi connectivity index (χ1) is 15.1. The maximum absolute atomic E-state index is 13.1. The highest BCUT2D eigenvalue weighted by molar-refractivity contribution is 5.99. The van der Waals surface area contributed by atoms with Crippen LogP contribution in [-0.4, -0.2) is 17.4 Å². The molecule has 31 heavy (non-hydrogen) atoms. The Morgan fingerprint density at radius 3 is 2.58 bits per heavy atom. The first-order valence-corrected chi connectivity index (χ1v) is 10.5. The number of fused-ring (bicyclic) bond motifs is 2. The van der Waals surface area contributed by atoms with E-state index in [9.17, 15) is 4.79 Å². The van der Waals surface area contributed by atoms with E-state index in [1.807, 2.05) is 68.6 Å². The van der Waals surface area contributed by atoms with Crippen molar-refractivity contribution in [1.29, 1.82) is 0 Å². The molecule has 0 spiro atoms. The van der Waals surface area contributed by atoms with Crippen molar-refractivity contribution in [3.63, 3.8) is 0 Å². The summed E-state index contributed by atoms with van der Waals surface area (Å²) in [6, 6.07) is 24.6. The standard InChI is InChI=1S/C27H24N2O2/c1-17-12-13-20-18(2)26(31-25(20)14-17)27(30)29-15-22(19-8-4-3-5-9-19)23-16-28-24-11-7-6-10-21(23)24/h3-14,16,22,28H,15H2,1-2H3,(H,29,30)/t22-/m1/s1. The highest BCUT2D eigenvalue weighted by atomic mass is 16.3. The number of H-pyrrole nitrogens is 1. The molecule has 2 aromatic heterocycles. The van der Waals surface area contributed by atoms with Crippen molar-refractivity contribution in [3.8, 4) is 0 Å². The molecule has 2 N–H and O–H groups in total. The predicted octanol–water partition coefficient (Wildman–Crippen LogP) is 6.09. The molecular weight excluding hydrogens is 384 g/mol. The molecule has 0 aliphatic heterocycles. The fraction of sp³-hybridized carbons (Fsp3) is 0.148. The smallest absolute Gasteiger partial charge is 0.287 e. The molecule has 2 heterocycles. The van der Waals surface area contributed by atoms with Crippen molar-refractivity contribution >= 4 is 27.8 Å². The molecule has 0 saturated carbocycles. The van der Waals surface area contributed by atoms with Crippen molar-refractivity contribution in [2.45, 2.75) is 19.8 Å². The largest absolute Gasteiger partial charge is 0.451 e. The van der Waals surface area contributed by atoms with Crippen LogP contribution in [0, 0.1) is 13.8 Å². The van der Waals surface area contributed by atoms with E-state index >= 15 is 0 Å². The number of aryl methyl sites for hydroxylation is 2. The zero-order valence-electron chi connectivity index (χ0n) is 17.6. The van der Waals surface area contributed by atoms with Gasteiger partial charge in [0.05, 0.1) is 0 Å². The van der Waals surface area contributed by atoms with Crippen LogP contribution in [0.4, 0.5) is 0 Å². The molecule has 0 fully saturated rings. The van der Waals surface area contributed by atoms with E-state index in [0.29, 0.717) is 12.3 Å². The summed E-state index contributed by atoms with van der Waals surface area (Å²) in [5, 5.41) is 5.27. The number of furan rings is 1. The Morgan fingerprint density at radius 1 is 0.968 bits per heavy atom. The summed E-state index contributed by atoms with van der Waals surface area (Å²) in [7, 11) is 0. The number of rotatable bonds is 5. The molecule has 0 aliphatic rings. The van der Waals surface area contributed by atoms with Crippen LogP contribution in [0.5, 0.6) is 0 Å². The quantitative estimate of drug-likeness (QED) is 0.369. The average Bonchev–Trinajstić information content (AvgIpc) is 3.36. The number of nitrogens with one attached hydrogen (secondary N) is 2. The summed E-state index contributed by atoms with van der Waals surface area (Å²) in [6.07, 6.45) is 2.05. The Kier molecular flexibility index (Phi) is 4.83. The van der Waals surface area contributed by atoms with Gasteiger partial charge in [0.1, 0.15) is 5.58 Å². The molecule has 0 bridgehead atoms. The third kappa shape index (κ3) is 3.50. The maximum Gasteiger partial charge on any atom is 0.287 e. The van der Waals surface area contributed by atoms with Gasteiger partial charge in [-0.1, -0.05) is 60.7 Å². The molecule has 1 amide bonds. The second kappa shape index (κ2) is 7.80. The number of carbonyl (C=O) groups is 1. The Hall–Kier alpha value is -3.79. The summed E-state index contributed by atoms with van der Waals surface area (Å²) in [6.45, 7) is 4.42. The van der Waals surface area contributed by atoms with Crippen molar-refractivity contribution in [2.24, 2.45) is 0 Å². The van der Waals surface area contributed by atoms with E-state index in [1.165, 1.54) is 10.9 Å². The lowest BCUT2D eigenvalue weighted by Gasteiger charge is -2.18. The summed E-state index contributed by atoms with van der Waals surface area (Å²) in [4.78, 5) is 16.4. The lowest BCUT2D eigenvalue weighted by molar-refractivity contribution is 0.0926. The van der Waals surface area contributed by atoms with Crippen LogP contribution in [-0.2, 0) is 0 Å². The molecule has 4 nitrogen and oxygen atoms in total. The monoisotopic (exact) mass is 408 g/mol.